The summed E-state index contributed by atoms with van der Waals surface area (Å²) in [6.07, 6.45) is -5.36. The number of nitrogens with zero attached hydrogens (tertiary/aromatic N) is 1. The van der Waals surface area contributed by atoms with Crippen LogP contribution in [-0.2, 0) is 27.1 Å². The van der Waals surface area contributed by atoms with E-state index in [0.717, 1.165) is 10.8 Å². The lowest BCUT2D eigenvalue weighted by Crippen LogP contribution is -2.39. The summed E-state index contributed by atoms with van der Waals surface area (Å²) in [7, 11) is -16.4. The number of H-pyrrole nitrogens is 1. The molecule has 1 fully saturated rings. The molecule has 0 aliphatic carbocycles. The number of phosphoric acid groups is 2. The molecule has 1 aliphatic heterocycles. The van der Waals surface area contributed by atoms with Crippen LogP contribution in [0.5, 0.6) is 0 Å². The van der Waals surface area contributed by atoms with Gasteiger partial charge < -0.3 is 34.5 Å². The van der Waals surface area contributed by atoms with Crippen molar-refractivity contribution in [3.8, 4) is 0 Å². The smallest absolute Gasteiger partial charge is 0.387 e. The average Bonchev–Trinajstić information content (AvgIpc) is 2.81. The molecule has 30 heavy (non-hydrogen) atoms. The van der Waals surface area contributed by atoms with Crippen molar-refractivity contribution in [2.45, 2.75) is 31.5 Å². The fourth-order valence-electron chi connectivity index (χ4n) is 2.43. The molecule has 0 spiro atoms. The SMILES string of the molecule is Cc1cn([C@@H]2O[C@H](CNP(=O)(O)OP(=O)(O)OP(=O)(O)O)[C@@H](O)[C@H]2O)c(=O)[nH]c1=O. The van der Waals surface area contributed by atoms with Gasteiger partial charge in [0.2, 0.25) is 0 Å². The summed E-state index contributed by atoms with van der Waals surface area (Å²) in [5, 5.41) is 21.8. The van der Waals surface area contributed by atoms with Crippen LogP contribution in [0.1, 0.15) is 11.8 Å². The van der Waals surface area contributed by atoms with Crippen LogP contribution in [0.15, 0.2) is 15.8 Å². The molecule has 1 aromatic heterocycles. The number of ether oxygens (including phenoxy) is 1. The van der Waals surface area contributed by atoms with Gasteiger partial charge in [0, 0.05) is 18.3 Å². The Bertz CT molecular complexity index is 1050. The first-order chi connectivity index (χ1) is 13.5. The van der Waals surface area contributed by atoms with Crippen molar-refractivity contribution in [2.24, 2.45) is 0 Å². The minimum atomic E-state index is -5.67. The molecular weight excluding hydrogens is 479 g/mol. The fourth-order valence-corrected chi connectivity index (χ4v) is 5.65. The van der Waals surface area contributed by atoms with Crippen molar-refractivity contribution in [1.29, 1.82) is 0 Å². The van der Waals surface area contributed by atoms with Crippen LogP contribution >= 0.6 is 23.4 Å². The van der Waals surface area contributed by atoms with Crippen molar-refractivity contribution >= 4 is 23.4 Å². The molecule has 0 saturated carbocycles. The highest BCUT2D eigenvalue weighted by Gasteiger charge is 2.46. The Labute approximate surface area is 166 Å². The van der Waals surface area contributed by atoms with E-state index in [1.807, 2.05) is 4.98 Å². The minimum Gasteiger partial charge on any atom is -0.387 e. The quantitative estimate of drug-likeness (QED) is 0.171. The third-order valence-corrected chi connectivity index (χ3v) is 7.64. The number of hydrogen-bond donors (Lipinski definition) is 8. The summed E-state index contributed by atoms with van der Waals surface area (Å²) in [4.78, 5) is 60.8. The predicted molar refractivity (Wildman–Crippen MR) is 93.9 cm³/mol. The molecule has 6 atom stereocenters. The molecule has 172 valence electrons. The molecule has 17 nitrogen and oxygen atoms in total. The van der Waals surface area contributed by atoms with E-state index in [1.54, 1.807) is 5.09 Å². The van der Waals surface area contributed by atoms with Gasteiger partial charge >= 0.3 is 29.1 Å². The second kappa shape index (κ2) is 8.84. The minimum absolute atomic E-state index is 0.0819. The van der Waals surface area contributed by atoms with Gasteiger partial charge in [-0.25, -0.2) is 23.6 Å². The number of aromatic nitrogens is 2. The summed E-state index contributed by atoms with van der Waals surface area (Å²) < 4.78 is 46.9. The van der Waals surface area contributed by atoms with Crippen LogP contribution in [0, 0.1) is 6.92 Å². The van der Waals surface area contributed by atoms with Gasteiger partial charge in [-0.15, -0.1) is 0 Å². The molecule has 2 heterocycles. The number of rotatable bonds is 8. The van der Waals surface area contributed by atoms with E-state index in [1.165, 1.54) is 6.92 Å². The average molecular weight is 497 g/mol. The normalized spacial score (nSPS) is 28.8. The number of aromatic amines is 1. The maximum Gasteiger partial charge on any atom is 0.489 e. The van der Waals surface area contributed by atoms with Crippen LogP contribution < -0.4 is 16.3 Å². The third-order valence-electron chi connectivity index (χ3n) is 3.67. The Hall–Kier alpha value is -1.03. The Morgan fingerprint density at radius 3 is 2.30 bits per heavy atom. The Kier molecular flexibility index (Phi) is 7.44. The second-order valence-electron chi connectivity index (χ2n) is 6.03. The van der Waals surface area contributed by atoms with E-state index in [0.29, 0.717) is 0 Å². The maximum absolute atomic E-state index is 11.9. The third kappa shape index (κ3) is 6.48. The van der Waals surface area contributed by atoms with Crippen molar-refractivity contribution < 1.29 is 56.8 Å². The first kappa shape index (κ1) is 25.2. The molecular formula is C10H18N3O14P3. The van der Waals surface area contributed by atoms with Crippen molar-refractivity contribution in [3.63, 3.8) is 0 Å². The summed E-state index contributed by atoms with van der Waals surface area (Å²) in [5.74, 6) is 0. The van der Waals surface area contributed by atoms with Crippen LogP contribution in [0.25, 0.3) is 0 Å². The molecule has 0 radical (unpaired) electrons. The van der Waals surface area contributed by atoms with Gasteiger partial charge in [-0.2, -0.15) is 8.62 Å². The molecule has 8 N–H and O–H groups in total. The lowest BCUT2D eigenvalue weighted by atomic mass is 10.1. The standard InChI is InChI=1S/C10H18N3O14P3/c1-4-3-13(10(17)12-8(4)16)9-7(15)6(14)5(25-9)2-11-28(18,19)26-30(23,24)27-29(20,21)22/h3,5-7,9,14-15H,2H2,1H3,(H,23,24)(H2,11,18,19)(H,12,16,17)(H2,20,21,22)/t5-,6-,7-,9-/m1/s1. The molecule has 0 bridgehead atoms. The lowest BCUT2D eigenvalue weighted by molar-refractivity contribution is -0.0384. The van der Waals surface area contributed by atoms with Crippen LogP contribution in [0.4, 0.5) is 0 Å². The summed E-state index contributed by atoms with van der Waals surface area (Å²) in [5.41, 5.74) is -1.58. The zero-order valence-corrected chi connectivity index (χ0v) is 17.5. The number of nitrogens with one attached hydrogen (secondary N) is 2. The van der Waals surface area contributed by atoms with E-state index >= 15 is 0 Å². The molecule has 0 aromatic carbocycles. The Morgan fingerprint density at radius 1 is 1.13 bits per heavy atom. The van der Waals surface area contributed by atoms with Gasteiger partial charge in [0.1, 0.15) is 18.3 Å². The molecule has 20 heteroatoms. The Morgan fingerprint density at radius 2 is 1.73 bits per heavy atom. The monoisotopic (exact) mass is 497 g/mol. The van der Waals surface area contributed by atoms with Gasteiger partial charge in [-0.3, -0.25) is 14.3 Å². The highest BCUT2D eigenvalue weighted by molar-refractivity contribution is 7.67. The number of hydrogen-bond acceptors (Lipinski definition) is 10. The van der Waals surface area contributed by atoms with E-state index in [-0.39, 0.29) is 5.56 Å². The van der Waals surface area contributed by atoms with Crippen molar-refractivity contribution in [1.82, 2.24) is 14.6 Å². The Balaban J connectivity index is 2.09. The molecule has 0 amide bonds. The van der Waals surface area contributed by atoms with Crippen molar-refractivity contribution in [3.05, 3.63) is 32.6 Å². The summed E-state index contributed by atoms with van der Waals surface area (Å²) in [6, 6.07) is 0. The molecule has 1 aromatic rings. The van der Waals surface area contributed by atoms with E-state index in [9.17, 15) is 38.4 Å². The molecule has 2 rings (SSSR count). The predicted octanol–water partition coefficient (Wildman–Crippen LogP) is -2.62. The maximum atomic E-state index is 11.9. The van der Waals surface area contributed by atoms with E-state index < -0.39 is 65.7 Å². The van der Waals surface area contributed by atoms with Crippen LogP contribution in [-0.4, -0.2) is 64.2 Å². The number of aliphatic hydroxyl groups is 2. The summed E-state index contributed by atoms with van der Waals surface area (Å²) >= 11 is 0. The van der Waals surface area contributed by atoms with Gasteiger partial charge in [-0.1, -0.05) is 0 Å². The molecule has 2 unspecified atom stereocenters. The number of aryl methyl sites for hydroxylation is 1. The highest BCUT2D eigenvalue weighted by Crippen LogP contribution is 2.64. The van der Waals surface area contributed by atoms with Crippen LogP contribution in [0.3, 0.4) is 0 Å². The zero-order chi connectivity index (χ0) is 23.1. The van der Waals surface area contributed by atoms with Gasteiger partial charge in [-0.05, 0) is 6.92 Å². The topological polar surface area (TPSA) is 267 Å². The lowest BCUT2D eigenvalue weighted by Gasteiger charge is -2.20. The molecule has 1 aliphatic rings. The van der Waals surface area contributed by atoms with Gasteiger partial charge in [0.15, 0.2) is 6.23 Å². The highest BCUT2D eigenvalue weighted by atomic mass is 31.3. The largest absolute Gasteiger partial charge is 0.489 e. The van der Waals surface area contributed by atoms with Crippen molar-refractivity contribution in [2.75, 3.05) is 6.54 Å². The zero-order valence-electron chi connectivity index (χ0n) is 14.8. The van der Waals surface area contributed by atoms with Gasteiger partial charge in [0.25, 0.3) is 5.56 Å². The first-order valence-corrected chi connectivity index (χ1v) is 12.3. The number of aliphatic hydroxyl groups excluding tert-OH is 2. The summed E-state index contributed by atoms with van der Waals surface area (Å²) in [6.45, 7) is 0.563. The fraction of sp³-hybridized carbons (Fsp3) is 0.600. The second-order valence-corrected chi connectivity index (χ2v) is 10.6. The van der Waals surface area contributed by atoms with Gasteiger partial charge in [0.05, 0.1) is 0 Å². The van der Waals surface area contributed by atoms with E-state index in [2.05, 4.69) is 8.62 Å². The van der Waals surface area contributed by atoms with Crippen LogP contribution in [0.2, 0.25) is 0 Å². The van der Waals surface area contributed by atoms with E-state index in [4.69, 9.17) is 19.4 Å². The first-order valence-electron chi connectivity index (χ1n) is 7.74. The molecule has 1 saturated heterocycles.